The van der Waals surface area contributed by atoms with Crippen LogP contribution in [-0.4, -0.2) is 30.7 Å². The fourth-order valence-electron chi connectivity index (χ4n) is 7.65. The minimum atomic E-state index is 0. The van der Waals surface area contributed by atoms with E-state index in [4.69, 9.17) is 0 Å². The van der Waals surface area contributed by atoms with Crippen LogP contribution in [0.25, 0.3) is 0 Å². The molecule has 0 radical (unpaired) electrons. The molecule has 0 atom stereocenters. The van der Waals surface area contributed by atoms with Gasteiger partial charge in [-0.2, -0.15) is 0 Å². The molecule has 0 aromatic heterocycles. The van der Waals surface area contributed by atoms with E-state index in [1.165, 1.54) is 262 Å². The van der Waals surface area contributed by atoms with E-state index in [0.29, 0.717) is 0 Å². The van der Waals surface area contributed by atoms with Gasteiger partial charge in [-0.15, -0.1) is 0 Å². The van der Waals surface area contributed by atoms with E-state index < -0.39 is 0 Å². The Balaban J connectivity index is 0. The lowest BCUT2D eigenvalue weighted by Gasteiger charge is -2.39. The Morgan fingerprint density at radius 3 is 0.543 bits per heavy atom. The van der Waals surface area contributed by atoms with E-state index >= 15 is 0 Å². The third-order valence-corrected chi connectivity index (χ3v) is 10.9. The maximum Gasteiger partial charge on any atom is 0.0786 e. The van der Waals surface area contributed by atoms with Crippen LogP contribution in [0.3, 0.4) is 0 Å². The van der Waals surface area contributed by atoms with Crippen molar-refractivity contribution in [1.29, 1.82) is 0 Å². The summed E-state index contributed by atoms with van der Waals surface area (Å²) in [4.78, 5) is 0. The van der Waals surface area contributed by atoms with Crippen LogP contribution in [0.1, 0.15) is 259 Å². The SMILES string of the molecule is CCCCCCCCCCCCCCCCCC[N+](CCCC)(CCCC)CCCCCCCCCCCCCCCCCC.[Cl-]. The van der Waals surface area contributed by atoms with Crippen LogP contribution in [-0.2, 0) is 0 Å². The second-order valence-electron chi connectivity index (χ2n) is 15.5. The monoisotopic (exact) mass is 670 g/mol. The molecule has 2 heteroatoms. The molecule has 46 heavy (non-hydrogen) atoms. The van der Waals surface area contributed by atoms with Crippen LogP contribution in [0.4, 0.5) is 0 Å². The van der Waals surface area contributed by atoms with Gasteiger partial charge in [0.15, 0.2) is 0 Å². The van der Waals surface area contributed by atoms with Crippen molar-refractivity contribution in [3.63, 3.8) is 0 Å². The van der Waals surface area contributed by atoms with Gasteiger partial charge in [0, 0.05) is 0 Å². The zero-order chi connectivity index (χ0) is 32.8. The molecule has 0 unspecified atom stereocenters. The minimum absolute atomic E-state index is 0. The predicted octanol–water partition coefficient (Wildman–Crippen LogP) is 12.9. The Morgan fingerprint density at radius 1 is 0.196 bits per heavy atom. The largest absolute Gasteiger partial charge is 1.00 e. The quantitative estimate of drug-likeness (QED) is 0.0450. The average Bonchev–Trinajstić information content (AvgIpc) is 3.05. The van der Waals surface area contributed by atoms with Crippen LogP contribution in [0, 0.1) is 0 Å². The topological polar surface area (TPSA) is 0 Å². The summed E-state index contributed by atoms with van der Waals surface area (Å²) in [5, 5.41) is 0. The molecule has 1 nitrogen and oxygen atoms in total. The van der Waals surface area contributed by atoms with E-state index in [1.807, 2.05) is 0 Å². The van der Waals surface area contributed by atoms with Gasteiger partial charge in [-0.3, -0.25) is 0 Å². The Bertz CT molecular complexity index is 474. The Labute approximate surface area is 301 Å². The van der Waals surface area contributed by atoms with Crippen LogP contribution >= 0.6 is 0 Å². The highest BCUT2D eigenvalue weighted by Crippen LogP contribution is 2.20. The number of hydrogen-bond acceptors (Lipinski definition) is 0. The van der Waals surface area contributed by atoms with Gasteiger partial charge >= 0.3 is 0 Å². The van der Waals surface area contributed by atoms with E-state index in [9.17, 15) is 0 Å². The molecule has 0 heterocycles. The highest BCUT2D eigenvalue weighted by atomic mass is 35.5. The van der Waals surface area contributed by atoms with Crippen molar-refractivity contribution in [2.75, 3.05) is 26.2 Å². The van der Waals surface area contributed by atoms with Crippen molar-refractivity contribution in [3.05, 3.63) is 0 Å². The molecule has 0 saturated heterocycles. The van der Waals surface area contributed by atoms with Gasteiger partial charge in [0.1, 0.15) is 0 Å². The lowest BCUT2D eigenvalue weighted by molar-refractivity contribution is -0.929. The molecule has 0 amide bonds. The lowest BCUT2D eigenvalue weighted by atomic mass is 10.0. The van der Waals surface area contributed by atoms with Gasteiger partial charge < -0.3 is 16.9 Å². The Hall–Kier alpha value is 0.250. The number of quaternary nitrogens is 1. The number of unbranched alkanes of at least 4 members (excludes halogenated alkanes) is 32. The summed E-state index contributed by atoms with van der Waals surface area (Å²) in [6.45, 7) is 15.3. The molecule has 0 rings (SSSR count). The number of hydrogen-bond donors (Lipinski definition) is 0. The highest BCUT2D eigenvalue weighted by Gasteiger charge is 2.25. The zero-order valence-electron chi connectivity index (χ0n) is 33.1. The number of nitrogens with zero attached hydrogens (tertiary/aromatic N) is 1. The van der Waals surface area contributed by atoms with Gasteiger partial charge in [-0.05, 0) is 38.5 Å². The lowest BCUT2D eigenvalue weighted by Crippen LogP contribution is -3.00. The Kier molecular flexibility index (Phi) is 43.5. The zero-order valence-corrected chi connectivity index (χ0v) is 33.9. The van der Waals surface area contributed by atoms with Crippen LogP contribution < -0.4 is 12.4 Å². The van der Waals surface area contributed by atoms with Crippen LogP contribution in [0.5, 0.6) is 0 Å². The molecular formula is C44H92ClN. The van der Waals surface area contributed by atoms with Crippen molar-refractivity contribution in [2.45, 2.75) is 259 Å². The summed E-state index contributed by atoms with van der Waals surface area (Å²) in [7, 11) is 0. The summed E-state index contributed by atoms with van der Waals surface area (Å²) in [6.07, 6.45) is 52.8. The molecule has 0 aromatic rings. The van der Waals surface area contributed by atoms with Crippen molar-refractivity contribution in [1.82, 2.24) is 0 Å². The number of rotatable bonds is 40. The third-order valence-electron chi connectivity index (χ3n) is 10.9. The first kappa shape index (κ1) is 48.4. The molecule has 0 aliphatic heterocycles. The summed E-state index contributed by atoms with van der Waals surface area (Å²) in [6, 6.07) is 0. The molecule has 0 aliphatic carbocycles. The van der Waals surface area contributed by atoms with Gasteiger partial charge in [0.2, 0.25) is 0 Å². The van der Waals surface area contributed by atoms with Gasteiger partial charge in [0.05, 0.1) is 26.2 Å². The molecule has 0 saturated carbocycles. The van der Waals surface area contributed by atoms with E-state index in [2.05, 4.69) is 27.7 Å². The highest BCUT2D eigenvalue weighted by molar-refractivity contribution is 4.55. The van der Waals surface area contributed by atoms with Crippen molar-refractivity contribution in [3.8, 4) is 0 Å². The van der Waals surface area contributed by atoms with Crippen molar-refractivity contribution >= 4 is 0 Å². The smallest absolute Gasteiger partial charge is 0.0786 e. The standard InChI is InChI=1S/C44H92N.ClH/c1-5-9-13-15-17-19-21-23-25-27-29-31-33-35-37-39-43-45(41-11-7-3,42-12-8-4)44-40-38-36-34-32-30-28-26-24-22-20-18-16-14-10-6-2;/h5-44H2,1-4H3;1H/q+1;/p-1. The van der Waals surface area contributed by atoms with Crippen LogP contribution in [0.15, 0.2) is 0 Å². The van der Waals surface area contributed by atoms with E-state index in [1.54, 1.807) is 0 Å². The van der Waals surface area contributed by atoms with E-state index in [-0.39, 0.29) is 12.4 Å². The number of halogens is 1. The summed E-state index contributed by atoms with van der Waals surface area (Å²) < 4.78 is 1.46. The maximum absolute atomic E-state index is 2.40. The van der Waals surface area contributed by atoms with Crippen molar-refractivity contribution < 1.29 is 16.9 Å². The van der Waals surface area contributed by atoms with E-state index in [0.717, 1.165) is 0 Å². The molecule has 0 fully saturated rings. The summed E-state index contributed by atoms with van der Waals surface area (Å²) >= 11 is 0. The van der Waals surface area contributed by atoms with Crippen LogP contribution in [0.2, 0.25) is 0 Å². The first-order chi connectivity index (χ1) is 22.2. The van der Waals surface area contributed by atoms with Gasteiger partial charge in [-0.25, -0.2) is 0 Å². The average molecular weight is 671 g/mol. The predicted molar refractivity (Wildman–Crippen MR) is 209 cm³/mol. The van der Waals surface area contributed by atoms with Crippen molar-refractivity contribution in [2.24, 2.45) is 0 Å². The minimum Gasteiger partial charge on any atom is -1.00 e. The normalized spacial score (nSPS) is 11.7. The fraction of sp³-hybridized carbons (Fsp3) is 1.00. The summed E-state index contributed by atoms with van der Waals surface area (Å²) in [5.74, 6) is 0. The first-order valence-electron chi connectivity index (χ1n) is 22.1. The first-order valence-corrected chi connectivity index (χ1v) is 22.1. The molecule has 0 spiro atoms. The third kappa shape index (κ3) is 35.6. The Morgan fingerprint density at radius 2 is 0.348 bits per heavy atom. The molecule has 0 bridgehead atoms. The second-order valence-corrected chi connectivity index (χ2v) is 15.5. The molecule has 280 valence electrons. The summed E-state index contributed by atoms with van der Waals surface area (Å²) in [5.41, 5.74) is 0. The second kappa shape index (κ2) is 41.4. The molecular weight excluding hydrogens is 578 g/mol. The van der Waals surface area contributed by atoms with Gasteiger partial charge in [0.25, 0.3) is 0 Å². The fourth-order valence-corrected chi connectivity index (χ4v) is 7.65. The molecule has 0 aromatic carbocycles. The molecule has 0 N–H and O–H groups in total. The van der Waals surface area contributed by atoms with Gasteiger partial charge in [-0.1, -0.05) is 220 Å². The maximum atomic E-state index is 2.40. The molecule has 0 aliphatic rings.